The van der Waals surface area contributed by atoms with Crippen molar-refractivity contribution in [2.75, 3.05) is 13.1 Å². The van der Waals surface area contributed by atoms with Gasteiger partial charge in [0.2, 0.25) is 0 Å². The lowest BCUT2D eigenvalue weighted by molar-refractivity contribution is 0.0887. The van der Waals surface area contributed by atoms with Crippen LogP contribution in [0.5, 0.6) is 5.75 Å². The summed E-state index contributed by atoms with van der Waals surface area (Å²) in [5.41, 5.74) is 1.67. The van der Waals surface area contributed by atoms with E-state index in [9.17, 15) is 4.79 Å². The van der Waals surface area contributed by atoms with Crippen molar-refractivity contribution in [1.29, 1.82) is 0 Å². The van der Waals surface area contributed by atoms with E-state index in [-0.39, 0.29) is 23.9 Å². The van der Waals surface area contributed by atoms with Gasteiger partial charge in [0.05, 0.1) is 0 Å². The number of ether oxygens (including phenoxy) is 1. The van der Waals surface area contributed by atoms with Crippen molar-refractivity contribution >= 4 is 18.3 Å². The number of hydrogen-bond acceptors (Lipinski definition) is 3. The van der Waals surface area contributed by atoms with Crippen LogP contribution in [-0.2, 0) is 6.61 Å². The first-order valence-electron chi connectivity index (χ1n) is 8.45. The molecule has 3 rings (SSSR count). The first-order valence-corrected chi connectivity index (χ1v) is 8.45. The van der Waals surface area contributed by atoms with Crippen molar-refractivity contribution in [3.05, 3.63) is 65.7 Å². The van der Waals surface area contributed by atoms with Crippen LogP contribution < -0.4 is 15.4 Å². The monoisotopic (exact) mass is 360 g/mol. The molecule has 0 spiro atoms. The van der Waals surface area contributed by atoms with Gasteiger partial charge in [-0.3, -0.25) is 4.79 Å². The Labute approximate surface area is 155 Å². The van der Waals surface area contributed by atoms with Gasteiger partial charge >= 0.3 is 0 Å². The maximum absolute atomic E-state index is 12.4. The number of rotatable bonds is 5. The number of piperidine rings is 1. The molecule has 0 unspecified atom stereocenters. The Morgan fingerprint density at radius 3 is 2.36 bits per heavy atom. The fourth-order valence-electron chi connectivity index (χ4n) is 2.89. The average Bonchev–Trinajstić information content (AvgIpc) is 2.61. The molecule has 134 valence electrons. The van der Waals surface area contributed by atoms with Crippen LogP contribution in [0.2, 0.25) is 0 Å². The van der Waals surface area contributed by atoms with Crippen molar-refractivity contribution in [2.45, 2.75) is 31.9 Å². The number of nitrogens with one attached hydrogen (secondary N) is 2. The minimum absolute atomic E-state index is 0. The number of hydrogen-bond donors (Lipinski definition) is 2. The molecule has 2 aromatic rings. The second-order valence-corrected chi connectivity index (χ2v) is 6.56. The van der Waals surface area contributed by atoms with Crippen molar-refractivity contribution in [3.8, 4) is 5.75 Å². The fourth-order valence-corrected chi connectivity index (χ4v) is 2.89. The molecule has 0 atom stereocenters. The van der Waals surface area contributed by atoms with Gasteiger partial charge in [-0.05, 0) is 62.7 Å². The maximum Gasteiger partial charge on any atom is 0.251 e. The summed E-state index contributed by atoms with van der Waals surface area (Å²) in [7, 11) is 0. The number of benzene rings is 2. The number of carbonyl (C=O) groups is 1. The van der Waals surface area contributed by atoms with Crippen molar-refractivity contribution < 1.29 is 9.53 Å². The summed E-state index contributed by atoms with van der Waals surface area (Å²) in [4.78, 5) is 12.4. The zero-order chi connectivity index (χ0) is 16.8. The van der Waals surface area contributed by atoms with E-state index >= 15 is 0 Å². The van der Waals surface area contributed by atoms with Crippen LogP contribution in [-0.4, -0.2) is 24.5 Å². The van der Waals surface area contributed by atoms with Gasteiger partial charge in [0.15, 0.2) is 0 Å². The average molecular weight is 361 g/mol. The largest absolute Gasteiger partial charge is 0.489 e. The predicted octanol–water partition coefficient (Wildman–Crippen LogP) is 3.56. The molecule has 5 heteroatoms. The zero-order valence-corrected chi connectivity index (χ0v) is 15.3. The highest BCUT2D eigenvalue weighted by atomic mass is 35.5. The minimum Gasteiger partial charge on any atom is -0.489 e. The Morgan fingerprint density at radius 2 is 1.72 bits per heavy atom. The fraction of sp³-hybridized carbons (Fsp3) is 0.350. The van der Waals surface area contributed by atoms with Crippen LogP contribution >= 0.6 is 12.4 Å². The topological polar surface area (TPSA) is 50.4 Å². The highest BCUT2D eigenvalue weighted by Crippen LogP contribution is 2.19. The highest BCUT2D eigenvalue weighted by Gasteiger charge is 2.28. The van der Waals surface area contributed by atoms with Gasteiger partial charge < -0.3 is 15.4 Å². The molecular weight excluding hydrogens is 336 g/mol. The van der Waals surface area contributed by atoms with E-state index in [0.717, 1.165) is 37.2 Å². The van der Waals surface area contributed by atoms with E-state index in [2.05, 4.69) is 17.6 Å². The van der Waals surface area contributed by atoms with Crippen molar-refractivity contribution in [1.82, 2.24) is 10.6 Å². The van der Waals surface area contributed by atoms with Crippen LogP contribution in [0.3, 0.4) is 0 Å². The van der Waals surface area contributed by atoms with Crippen LogP contribution in [0.1, 0.15) is 35.7 Å². The molecular formula is C20H25ClN2O2. The molecule has 0 bridgehead atoms. The Bertz CT molecular complexity index is 668. The van der Waals surface area contributed by atoms with E-state index < -0.39 is 0 Å². The Morgan fingerprint density at radius 1 is 1.08 bits per heavy atom. The standard InChI is InChI=1S/C20H24N2O2.ClH/c1-20(11-13-21-14-12-20)22-19(23)17-7-9-18(10-8-17)24-15-16-5-3-2-4-6-16;/h2-10,21H,11-15H2,1H3,(H,22,23);1H. The molecule has 4 nitrogen and oxygen atoms in total. The first-order chi connectivity index (χ1) is 11.6. The van der Waals surface area contributed by atoms with Gasteiger partial charge in [-0.2, -0.15) is 0 Å². The zero-order valence-electron chi connectivity index (χ0n) is 14.5. The summed E-state index contributed by atoms with van der Waals surface area (Å²) in [6.07, 6.45) is 1.91. The second kappa shape index (κ2) is 8.88. The minimum atomic E-state index is -0.120. The third kappa shape index (κ3) is 5.48. The molecule has 25 heavy (non-hydrogen) atoms. The van der Waals surface area contributed by atoms with Crippen molar-refractivity contribution in [3.63, 3.8) is 0 Å². The van der Waals surface area contributed by atoms with Gasteiger partial charge in [-0.1, -0.05) is 30.3 Å². The van der Waals surface area contributed by atoms with E-state index in [0.29, 0.717) is 12.2 Å². The van der Waals surface area contributed by atoms with Gasteiger partial charge in [0.1, 0.15) is 12.4 Å². The quantitative estimate of drug-likeness (QED) is 0.857. The number of carbonyl (C=O) groups excluding carboxylic acids is 1. The maximum atomic E-state index is 12.4. The Balaban J connectivity index is 0.00000225. The summed E-state index contributed by atoms with van der Waals surface area (Å²) >= 11 is 0. The summed E-state index contributed by atoms with van der Waals surface area (Å²) in [5.74, 6) is 0.748. The van der Waals surface area contributed by atoms with Crippen LogP contribution in [0.4, 0.5) is 0 Å². The Hall–Kier alpha value is -2.04. The van der Waals surface area contributed by atoms with E-state index in [1.165, 1.54) is 0 Å². The summed E-state index contributed by atoms with van der Waals surface area (Å²) < 4.78 is 5.76. The van der Waals surface area contributed by atoms with Gasteiger partial charge in [0.25, 0.3) is 5.91 Å². The number of amides is 1. The highest BCUT2D eigenvalue weighted by molar-refractivity contribution is 5.94. The third-order valence-electron chi connectivity index (χ3n) is 4.49. The van der Waals surface area contributed by atoms with Gasteiger partial charge in [-0.15, -0.1) is 12.4 Å². The first kappa shape index (κ1) is 19.3. The molecule has 1 heterocycles. The van der Waals surface area contributed by atoms with Gasteiger partial charge in [-0.25, -0.2) is 0 Å². The molecule has 0 aliphatic carbocycles. The molecule has 1 saturated heterocycles. The van der Waals surface area contributed by atoms with Crippen molar-refractivity contribution in [2.24, 2.45) is 0 Å². The third-order valence-corrected chi connectivity index (χ3v) is 4.49. The van der Waals surface area contributed by atoms with Crippen LogP contribution in [0.15, 0.2) is 54.6 Å². The summed E-state index contributed by atoms with van der Waals surface area (Å²) in [6, 6.07) is 17.4. The molecule has 0 aromatic heterocycles. The van der Waals surface area contributed by atoms with Gasteiger partial charge in [0, 0.05) is 11.1 Å². The van der Waals surface area contributed by atoms with Crippen LogP contribution in [0, 0.1) is 0 Å². The summed E-state index contributed by atoms with van der Waals surface area (Å²) in [5, 5.41) is 6.49. The molecule has 1 amide bonds. The molecule has 2 aromatic carbocycles. The smallest absolute Gasteiger partial charge is 0.251 e. The lowest BCUT2D eigenvalue weighted by Gasteiger charge is -2.35. The lowest BCUT2D eigenvalue weighted by Crippen LogP contribution is -2.52. The molecule has 0 radical (unpaired) electrons. The summed E-state index contributed by atoms with van der Waals surface area (Å²) in [6.45, 7) is 4.53. The Kier molecular flexibility index (Phi) is 6.85. The van der Waals surface area contributed by atoms with E-state index in [1.807, 2.05) is 54.6 Å². The van der Waals surface area contributed by atoms with E-state index in [4.69, 9.17) is 4.74 Å². The number of halogens is 1. The SMILES string of the molecule is CC1(NC(=O)c2ccc(OCc3ccccc3)cc2)CCNCC1.Cl. The molecule has 2 N–H and O–H groups in total. The predicted molar refractivity (Wildman–Crippen MR) is 102 cm³/mol. The molecule has 1 aliphatic rings. The van der Waals surface area contributed by atoms with Crippen LogP contribution in [0.25, 0.3) is 0 Å². The normalized spacial score (nSPS) is 15.7. The lowest BCUT2D eigenvalue weighted by atomic mass is 9.90. The second-order valence-electron chi connectivity index (χ2n) is 6.56. The molecule has 0 saturated carbocycles. The molecule has 1 fully saturated rings. The molecule has 1 aliphatic heterocycles. The van der Waals surface area contributed by atoms with E-state index in [1.54, 1.807) is 0 Å².